The van der Waals surface area contributed by atoms with Crippen LogP contribution in [0.2, 0.25) is 0 Å². The smallest absolute Gasteiger partial charge is 0.255 e. The molecule has 4 rings (SSSR count). The molecular formula is C21H16N2O3. The number of rotatable bonds is 4. The molecule has 0 aliphatic carbocycles. The van der Waals surface area contributed by atoms with Crippen molar-refractivity contribution in [2.24, 2.45) is 0 Å². The van der Waals surface area contributed by atoms with Gasteiger partial charge in [-0.3, -0.25) is 9.59 Å². The van der Waals surface area contributed by atoms with Crippen LogP contribution < -0.4 is 15.4 Å². The van der Waals surface area contributed by atoms with Crippen LogP contribution in [0.4, 0.5) is 11.4 Å². The normalized spacial score (nSPS) is 12.2. The fourth-order valence-corrected chi connectivity index (χ4v) is 2.81. The molecule has 26 heavy (non-hydrogen) atoms. The van der Waals surface area contributed by atoms with Crippen LogP contribution in [0.25, 0.3) is 0 Å². The average Bonchev–Trinajstić information content (AvgIpc) is 3.02. The van der Waals surface area contributed by atoms with Crippen LogP contribution in [0.5, 0.6) is 11.5 Å². The highest BCUT2D eigenvalue weighted by molar-refractivity contribution is 6.05. The lowest BCUT2D eigenvalue weighted by atomic mass is 10.1. The van der Waals surface area contributed by atoms with Crippen LogP contribution in [-0.2, 0) is 11.2 Å². The maximum atomic E-state index is 12.4. The summed E-state index contributed by atoms with van der Waals surface area (Å²) in [5, 5.41) is 5.62. The molecule has 5 nitrogen and oxygen atoms in total. The zero-order valence-corrected chi connectivity index (χ0v) is 13.9. The lowest BCUT2D eigenvalue weighted by molar-refractivity contribution is -0.115. The van der Waals surface area contributed by atoms with Gasteiger partial charge in [0.1, 0.15) is 11.5 Å². The zero-order valence-electron chi connectivity index (χ0n) is 13.9. The number of carbonyl (C=O) groups excluding carboxylic acids is 2. The van der Waals surface area contributed by atoms with Gasteiger partial charge in [-0.2, -0.15) is 0 Å². The Kier molecular flexibility index (Phi) is 4.11. The molecule has 0 saturated carbocycles. The van der Waals surface area contributed by atoms with E-state index in [-0.39, 0.29) is 11.8 Å². The van der Waals surface area contributed by atoms with Crippen LogP contribution in [0.15, 0.2) is 72.8 Å². The molecule has 1 aliphatic heterocycles. The quantitative estimate of drug-likeness (QED) is 0.744. The zero-order chi connectivity index (χ0) is 17.9. The van der Waals surface area contributed by atoms with Gasteiger partial charge in [-0.05, 0) is 60.2 Å². The van der Waals surface area contributed by atoms with Crippen LogP contribution in [-0.4, -0.2) is 11.8 Å². The molecule has 0 atom stereocenters. The summed E-state index contributed by atoms with van der Waals surface area (Å²) in [6.45, 7) is 0. The van der Waals surface area contributed by atoms with Crippen LogP contribution in [0.3, 0.4) is 0 Å². The summed E-state index contributed by atoms with van der Waals surface area (Å²) in [6.07, 6.45) is 0.338. The molecule has 0 saturated heterocycles. The number of amides is 2. The van der Waals surface area contributed by atoms with Crippen molar-refractivity contribution in [2.75, 3.05) is 10.6 Å². The van der Waals surface area contributed by atoms with E-state index in [2.05, 4.69) is 10.6 Å². The Morgan fingerprint density at radius 2 is 1.65 bits per heavy atom. The molecule has 5 heteroatoms. The van der Waals surface area contributed by atoms with Crippen molar-refractivity contribution in [1.82, 2.24) is 0 Å². The van der Waals surface area contributed by atoms with E-state index in [1.807, 2.05) is 36.4 Å². The number of benzene rings is 3. The predicted molar refractivity (Wildman–Crippen MR) is 99.7 cm³/mol. The topological polar surface area (TPSA) is 67.4 Å². The first-order chi connectivity index (χ1) is 12.7. The molecule has 2 N–H and O–H groups in total. The largest absolute Gasteiger partial charge is 0.457 e. The highest BCUT2D eigenvalue weighted by atomic mass is 16.5. The third-order valence-electron chi connectivity index (χ3n) is 4.08. The summed E-state index contributed by atoms with van der Waals surface area (Å²) in [7, 11) is 0. The van der Waals surface area contributed by atoms with Crippen molar-refractivity contribution in [3.63, 3.8) is 0 Å². The van der Waals surface area contributed by atoms with Crippen LogP contribution in [0, 0.1) is 0 Å². The van der Waals surface area contributed by atoms with E-state index in [0.717, 1.165) is 17.0 Å². The van der Waals surface area contributed by atoms with E-state index in [1.54, 1.807) is 36.4 Å². The monoisotopic (exact) mass is 344 g/mol. The second-order valence-corrected chi connectivity index (χ2v) is 5.99. The van der Waals surface area contributed by atoms with Gasteiger partial charge in [0.15, 0.2) is 0 Å². The molecule has 1 aliphatic rings. The van der Waals surface area contributed by atoms with Gasteiger partial charge in [0, 0.05) is 16.9 Å². The molecule has 3 aromatic rings. The van der Waals surface area contributed by atoms with Crippen LogP contribution >= 0.6 is 0 Å². The standard InChI is InChI=1S/C21H16N2O3/c24-20-13-15-12-16(8-11-19(15)23-20)22-21(25)14-6-9-18(10-7-14)26-17-4-2-1-3-5-17/h1-12H,13H2,(H,22,25)(H,23,24). The molecule has 0 bridgehead atoms. The molecule has 0 fully saturated rings. The molecule has 3 aromatic carbocycles. The number of carbonyl (C=O) groups is 2. The van der Waals surface area contributed by atoms with E-state index < -0.39 is 0 Å². The van der Waals surface area contributed by atoms with E-state index in [4.69, 9.17) is 4.74 Å². The minimum atomic E-state index is -0.214. The van der Waals surface area contributed by atoms with E-state index in [9.17, 15) is 9.59 Å². The van der Waals surface area contributed by atoms with Crippen molar-refractivity contribution in [3.05, 3.63) is 83.9 Å². The molecule has 2 amide bonds. The number of nitrogens with one attached hydrogen (secondary N) is 2. The fourth-order valence-electron chi connectivity index (χ4n) is 2.81. The molecule has 128 valence electrons. The number of para-hydroxylation sites is 1. The van der Waals surface area contributed by atoms with E-state index in [0.29, 0.717) is 23.4 Å². The summed E-state index contributed by atoms with van der Waals surface area (Å²) >= 11 is 0. The van der Waals surface area contributed by atoms with Crippen molar-refractivity contribution in [2.45, 2.75) is 6.42 Å². The first-order valence-electron chi connectivity index (χ1n) is 8.24. The fraction of sp³-hybridized carbons (Fsp3) is 0.0476. The van der Waals surface area contributed by atoms with Crippen molar-refractivity contribution in [3.8, 4) is 11.5 Å². The first-order valence-corrected chi connectivity index (χ1v) is 8.24. The Bertz CT molecular complexity index is 966. The molecule has 1 heterocycles. The number of hydrogen-bond acceptors (Lipinski definition) is 3. The third-order valence-corrected chi connectivity index (χ3v) is 4.08. The van der Waals surface area contributed by atoms with Gasteiger partial charge in [0.25, 0.3) is 5.91 Å². The summed E-state index contributed by atoms with van der Waals surface area (Å²) < 4.78 is 5.72. The average molecular weight is 344 g/mol. The number of hydrogen-bond donors (Lipinski definition) is 2. The molecular weight excluding hydrogens is 328 g/mol. The highest BCUT2D eigenvalue weighted by Gasteiger charge is 2.18. The molecule has 0 radical (unpaired) electrons. The summed E-state index contributed by atoms with van der Waals surface area (Å²) in [5.74, 6) is 1.16. The number of fused-ring (bicyclic) bond motifs is 1. The molecule has 0 unspecified atom stereocenters. The van der Waals surface area contributed by atoms with E-state index >= 15 is 0 Å². The Morgan fingerprint density at radius 1 is 0.923 bits per heavy atom. The predicted octanol–water partition coefficient (Wildman–Crippen LogP) is 4.23. The molecule has 0 aromatic heterocycles. The first kappa shape index (κ1) is 15.9. The van der Waals surface area contributed by atoms with Gasteiger partial charge >= 0.3 is 0 Å². The Labute approximate surface area is 150 Å². The second-order valence-electron chi connectivity index (χ2n) is 5.99. The van der Waals surface area contributed by atoms with E-state index in [1.165, 1.54) is 0 Å². The maximum Gasteiger partial charge on any atom is 0.255 e. The Morgan fingerprint density at radius 3 is 2.42 bits per heavy atom. The van der Waals surface area contributed by atoms with Crippen molar-refractivity contribution in [1.29, 1.82) is 0 Å². The van der Waals surface area contributed by atoms with Gasteiger partial charge in [-0.1, -0.05) is 18.2 Å². The summed E-state index contributed by atoms with van der Waals surface area (Å²) in [5.41, 5.74) is 2.88. The minimum Gasteiger partial charge on any atom is -0.457 e. The summed E-state index contributed by atoms with van der Waals surface area (Å²) in [6, 6.07) is 21.8. The lowest BCUT2D eigenvalue weighted by Crippen LogP contribution is -2.11. The Hall–Kier alpha value is -3.60. The maximum absolute atomic E-state index is 12.4. The van der Waals surface area contributed by atoms with Crippen molar-refractivity contribution < 1.29 is 14.3 Å². The number of anilines is 2. The van der Waals surface area contributed by atoms with Crippen LogP contribution in [0.1, 0.15) is 15.9 Å². The highest BCUT2D eigenvalue weighted by Crippen LogP contribution is 2.26. The SMILES string of the molecule is O=C1Cc2cc(NC(=O)c3ccc(Oc4ccccc4)cc3)ccc2N1. The number of ether oxygens (including phenoxy) is 1. The molecule has 0 spiro atoms. The van der Waals surface area contributed by atoms with Gasteiger partial charge in [0.05, 0.1) is 6.42 Å². The lowest BCUT2D eigenvalue weighted by Gasteiger charge is -2.09. The van der Waals surface area contributed by atoms with Gasteiger partial charge in [0.2, 0.25) is 5.91 Å². The summed E-state index contributed by atoms with van der Waals surface area (Å²) in [4.78, 5) is 23.8. The Balaban J connectivity index is 1.44. The van der Waals surface area contributed by atoms with Gasteiger partial charge < -0.3 is 15.4 Å². The minimum absolute atomic E-state index is 0.0301. The van der Waals surface area contributed by atoms with Gasteiger partial charge in [-0.15, -0.1) is 0 Å². The van der Waals surface area contributed by atoms with Gasteiger partial charge in [-0.25, -0.2) is 0 Å². The van der Waals surface area contributed by atoms with Crippen molar-refractivity contribution >= 4 is 23.2 Å². The second kappa shape index (κ2) is 6.72. The third kappa shape index (κ3) is 3.42.